The van der Waals surface area contributed by atoms with E-state index in [9.17, 15) is 13.6 Å². The molecule has 5 nitrogen and oxygen atoms in total. The highest BCUT2D eigenvalue weighted by Crippen LogP contribution is 2.20. The number of halogens is 2. The summed E-state index contributed by atoms with van der Waals surface area (Å²) in [5.74, 6) is -1.18. The van der Waals surface area contributed by atoms with Crippen LogP contribution in [0.4, 0.5) is 8.78 Å². The molecule has 0 radical (unpaired) electrons. The molecule has 2 aromatic rings. The maximum absolute atomic E-state index is 13.4. The van der Waals surface area contributed by atoms with Crippen molar-refractivity contribution < 1.29 is 27.5 Å². The summed E-state index contributed by atoms with van der Waals surface area (Å²) in [5.41, 5.74) is 5.62. The van der Waals surface area contributed by atoms with Gasteiger partial charge in [-0.2, -0.15) is 0 Å². The van der Waals surface area contributed by atoms with E-state index < -0.39 is 23.6 Å². The maximum Gasteiger partial charge on any atom is 0.323 e. The molecule has 7 heteroatoms. The number of esters is 1. The predicted molar refractivity (Wildman–Crippen MR) is 73.1 cm³/mol. The third kappa shape index (κ3) is 4.05. The molecular weight excluding hydrogens is 296 g/mol. The molecule has 0 spiro atoms. The number of nitrogens with two attached hydrogens (primary N) is 1. The fraction of sp³-hybridized carbons (Fsp3) is 0.267. The molecule has 0 saturated heterocycles. The van der Waals surface area contributed by atoms with Crippen molar-refractivity contribution in [3.05, 3.63) is 53.5 Å². The molecule has 0 fully saturated rings. The van der Waals surface area contributed by atoms with E-state index in [2.05, 4.69) is 4.74 Å². The molecule has 1 atom stereocenters. The van der Waals surface area contributed by atoms with E-state index in [1.165, 1.54) is 13.2 Å². The van der Waals surface area contributed by atoms with Crippen molar-refractivity contribution in [3.8, 4) is 5.75 Å². The van der Waals surface area contributed by atoms with E-state index >= 15 is 0 Å². The van der Waals surface area contributed by atoms with Crippen molar-refractivity contribution in [2.24, 2.45) is 5.73 Å². The van der Waals surface area contributed by atoms with Crippen molar-refractivity contribution in [3.63, 3.8) is 0 Å². The molecular formula is C15H15F2NO4. The van der Waals surface area contributed by atoms with E-state index in [0.29, 0.717) is 11.5 Å². The van der Waals surface area contributed by atoms with Gasteiger partial charge in [0.15, 0.2) is 11.6 Å². The zero-order valence-corrected chi connectivity index (χ0v) is 11.8. The third-order valence-electron chi connectivity index (χ3n) is 2.91. The number of hydrogen-bond donors (Lipinski definition) is 1. The smallest absolute Gasteiger partial charge is 0.323 e. The molecule has 0 saturated carbocycles. The molecule has 118 valence electrons. The Balaban J connectivity index is 1.93. The number of hydrogen-bond acceptors (Lipinski definition) is 5. The molecule has 2 N–H and O–H groups in total. The number of rotatable bonds is 6. The predicted octanol–water partition coefficient (Wildman–Crippen LogP) is 2.18. The lowest BCUT2D eigenvalue weighted by molar-refractivity contribution is -0.142. The van der Waals surface area contributed by atoms with Crippen LogP contribution in [0.5, 0.6) is 5.75 Å². The van der Waals surface area contributed by atoms with E-state index in [1.54, 1.807) is 12.1 Å². The highest BCUT2D eigenvalue weighted by Gasteiger charge is 2.16. The second kappa shape index (κ2) is 7.04. The third-order valence-corrected chi connectivity index (χ3v) is 2.91. The van der Waals surface area contributed by atoms with Gasteiger partial charge < -0.3 is 19.6 Å². The van der Waals surface area contributed by atoms with Gasteiger partial charge in [-0.3, -0.25) is 4.79 Å². The van der Waals surface area contributed by atoms with Gasteiger partial charge in [0.25, 0.3) is 0 Å². The summed E-state index contributed by atoms with van der Waals surface area (Å²) in [7, 11) is 1.25. The van der Waals surface area contributed by atoms with Gasteiger partial charge in [0.1, 0.15) is 30.0 Å². The summed E-state index contributed by atoms with van der Waals surface area (Å²) in [6.45, 7) is -0.0317. The maximum atomic E-state index is 13.4. The Hall–Kier alpha value is -2.41. The van der Waals surface area contributed by atoms with Crippen molar-refractivity contribution in [1.82, 2.24) is 0 Å². The number of carbonyl (C=O) groups is 1. The van der Waals surface area contributed by atoms with Crippen LogP contribution in [-0.2, 0) is 22.6 Å². The van der Waals surface area contributed by atoms with Crippen molar-refractivity contribution in [1.29, 1.82) is 0 Å². The number of benzene rings is 1. The minimum Gasteiger partial charge on any atom is -0.483 e. The summed E-state index contributed by atoms with van der Waals surface area (Å²) in [6.07, 6.45) is 0.178. The Labute approximate surface area is 125 Å². The zero-order chi connectivity index (χ0) is 16.1. The molecule has 1 aromatic carbocycles. The number of ether oxygens (including phenoxy) is 2. The first kappa shape index (κ1) is 16.0. The second-order valence-corrected chi connectivity index (χ2v) is 4.57. The van der Waals surface area contributed by atoms with E-state index in [1.807, 2.05) is 0 Å². The molecule has 2 rings (SSSR count). The molecule has 0 aliphatic rings. The Bertz CT molecular complexity index is 657. The summed E-state index contributed by atoms with van der Waals surface area (Å²) in [5, 5.41) is 0. The average Bonchev–Trinajstić information content (AvgIpc) is 2.93. The molecule has 1 heterocycles. The molecule has 0 aliphatic carbocycles. The molecule has 1 aromatic heterocycles. The normalized spacial score (nSPS) is 12.0. The van der Waals surface area contributed by atoms with Gasteiger partial charge in [0.05, 0.1) is 7.11 Å². The Kier molecular flexibility index (Phi) is 5.11. The largest absolute Gasteiger partial charge is 0.483 e. The Morgan fingerprint density at radius 3 is 2.68 bits per heavy atom. The van der Waals surface area contributed by atoms with Crippen LogP contribution in [0.1, 0.15) is 11.5 Å². The van der Waals surface area contributed by atoms with Crippen LogP contribution in [-0.4, -0.2) is 19.1 Å². The molecule has 0 bridgehead atoms. The van der Waals surface area contributed by atoms with Gasteiger partial charge >= 0.3 is 5.97 Å². The van der Waals surface area contributed by atoms with Crippen LogP contribution < -0.4 is 10.5 Å². The van der Waals surface area contributed by atoms with Crippen molar-refractivity contribution in [2.75, 3.05) is 7.11 Å². The Morgan fingerprint density at radius 1 is 1.27 bits per heavy atom. The highest BCUT2D eigenvalue weighted by atomic mass is 19.1. The lowest BCUT2D eigenvalue weighted by Crippen LogP contribution is -2.33. The van der Waals surface area contributed by atoms with Crippen LogP contribution in [0.15, 0.2) is 34.7 Å². The SMILES string of the molecule is COC(=O)C(N)Cc1ccc(COc2ccc(F)cc2F)o1. The first-order valence-corrected chi connectivity index (χ1v) is 6.48. The molecule has 1 unspecified atom stereocenters. The van der Waals surface area contributed by atoms with Crippen LogP contribution in [0.25, 0.3) is 0 Å². The first-order chi connectivity index (χ1) is 10.5. The number of furan rings is 1. The topological polar surface area (TPSA) is 74.7 Å². The lowest BCUT2D eigenvalue weighted by Gasteiger charge is -2.07. The average molecular weight is 311 g/mol. The number of methoxy groups -OCH3 is 1. The van der Waals surface area contributed by atoms with E-state index in [-0.39, 0.29) is 18.8 Å². The highest BCUT2D eigenvalue weighted by molar-refractivity contribution is 5.75. The quantitative estimate of drug-likeness (QED) is 0.828. The fourth-order valence-electron chi connectivity index (χ4n) is 1.80. The van der Waals surface area contributed by atoms with Gasteiger partial charge in [0.2, 0.25) is 0 Å². The summed E-state index contributed by atoms with van der Waals surface area (Å²) in [6, 6.07) is 5.48. The van der Waals surface area contributed by atoms with Crippen molar-refractivity contribution in [2.45, 2.75) is 19.1 Å². The van der Waals surface area contributed by atoms with Gasteiger partial charge in [-0.05, 0) is 24.3 Å². The second-order valence-electron chi connectivity index (χ2n) is 4.57. The minimum absolute atomic E-state index is 0.0317. The van der Waals surface area contributed by atoms with Crippen molar-refractivity contribution >= 4 is 5.97 Å². The standard InChI is InChI=1S/C15H15F2NO4/c1-20-15(19)13(18)7-10-3-4-11(22-10)8-21-14-5-2-9(16)6-12(14)17/h2-6,13H,7-8,18H2,1H3. The monoisotopic (exact) mass is 311 g/mol. The molecule has 0 aliphatic heterocycles. The zero-order valence-electron chi connectivity index (χ0n) is 11.8. The fourth-order valence-corrected chi connectivity index (χ4v) is 1.80. The summed E-state index contributed by atoms with van der Waals surface area (Å²) >= 11 is 0. The molecule has 22 heavy (non-hydrogen) atoms. The molecule has 0 amide bonds. The van der Waals surface area contributed by atoms with Gasteiger partial charge in [-0.1, -0.05) is 0 Å². The van der Waals surface area contributed by atoms with E-state index in [4.69, 9.17) is 14.9 Å². The van der Waals surface area contributed by atoms with Crippen LogP contribution in [0, 0.1) is 11.6 Å². The lowest BCUT2D eigenvalue weighted by atomic mass is 10.2. The van der Waals surface area contributed by atoms with Crippen LogP contribution in [0.2, 0.25) is 0 Å². The van der Waals surface area contributed by atoms with Gasteiger partial charge in [-0.15, -0.1) is 0 Å². The summed E-state index contributed by atoms with van der Waals surface area (Å²) < 4.78 is 41.3. The Morgan fingerprint density at radius 2 is 2.00 bits per heavy atom. The van der Waals surface area contributed by atoms with Crippen LogP contribution >= 0.6 is 0 Å². The first-order valence-electron chi connectivity index (χ1n) is 6.48. The minimum atomic E-state index is -0.820. The van der Waals surface area contributed by atoms with Gasteiger partial charge in [0, 0.05) is 12.5 Å². The number of carbonyl (C=O) groups excluding carboxylic acids is 1. The van der Waals surface area contributed by atoms with Crippen LogP contribution in [0.3, 0.4) is 0 Å². The van der Waals surface area contributed by atoms with Gasteiger partial charge in [-0.25, -0.2) is 8.78 Å². The summed E-state index contributed by atoms with van der Waals surface area (Å²) in [4.78, 5) is 11.2. The van der Waals surface area contributed by atoms with E-state index in [0.717, 1.165) is 12.1 Å².